The first-order valence-corrected chi connectivity index (χ1v) is 7.13. The van der Waals surface area contributed by atoms with Crippen LogP contribution in [-0.4, -0.2) is 17.2 Å². The van der Waals surface area contributed by atoms with Crippen molar-refractivity contribution in [1.29, 1.82) is 0 Å². The summed E-state index contributed by atoms with van der Waals surface area (Å²) in [5, 5.41) is 14.5. The van der Waals surface area contributed by atoms with Crippen LogP contribution in [0.3, 0.4) is 0 Å². The van der Waals surface area contributed by atoms with Crippen LogP contribution in [0.5, 0.6) is 0 Å². The fourth-order valence-corrected chi connectivity index (χ4v) is 2.54. The van der Waals surface area contributed by atoms with Gasteiger partial charge in [0.05, 0.1) is 6.10 Å². The van der Waals surface area contributed by atoms with E-state index in [-0.39, 0.29) is 6.04 Å². The Bertz CT molecular complexity index is 375. The van der Waals surface area contributed by atoms with Gasteiger partial charge in [0.25, 0.3) is 0 Å². The average Bonchev–Trinajstić information content (AvgIpc) is 3.12. The molecule has 0 aliphatic heterocycles. The van der Waals surface area contributed by atoms with E-state index >= 15 is 0 Å². The number of nitrogens with one attached hydrogen (secondary N) is 1. The second kappa shape index (κ2) is 6.05. The zero-order valence-electron chi connectivity index (χ0n) is 11.1. The fourth-order valence-electron chi connectivity index (χ4n) is 2.41. The number of halogens is 1. The molecule has 3 unspecified atom stereocenters. The Kier molecular flexibility index (Phi) is 4.66. The van der Waals surface area contributed by atoms with Crippen molar-refractivity contribution < 1.29 is 5.11 Å². The number of hydrogen-bond donors (Lipinski definition) is 2. The first-order valence-electron chi connectivity index (χ1n) is 6.76. The molecule has 100 valence electrons. The molecule has 0 radical (unpaired) electrons. The smallest absolute Gasteiger partial charge is 0.0940 e. The van der Waals surface area contributed by atoms with Crippen LogP contribution < -0.4 is 5.32 Å². The summed E-state index contributed by atoms with van der Waals surface area (Å²) in [7, 11) is 0. The van der Waals surface area contributed by atoms with Gasteiger partial charge >= 0.3 is 0 Å². The summed E-state index contributed by atoms with van der Waals surface area (Å²) in [5.74, 6) is 0.910. The Morgan fingerprint density at radius 2 is 1.89 bits per heavy atom. The molecule has 1 aliphatic carbocycles. The SMILES string of the molecule is CC(CC1CC1)NC(C)C(O)c1ccc(Cl)cc1. The van der Waals surface area contributed by atoms with Crippen LogP contribution in [0.2, 0.25) is 5.02 Å². The van der Waals surface area contributed by atoms with Crippen molar-refractivity contribution in [3.05, 3.63) is 34.9 Å². The number of aliphatic hydroxyl groups excluding tert-OH is 1. The molecule has 0 saturated heterocycles. The lowest BCUT2D eigenvalue weighted by Gasteiger charge is -2.24. The first-order chi connectivity index (χ1) is 8.56. The van der Waals surface area contributed by atoms with Crippen molar-refractivity contribution in [2.24, 2.45) is 5.92 Å². The maximum absolute atomic E-state index is 10.3. The van der Waals surface area contributed by atoms with Gasteiger partial charge in [-0.15, -0.1) is 0 Å². The molecule has 3 atom stereocenters. The normalized spacial score (nSPS) is 20.4. The predicted molar refractivity (Wildman–Crippen MR) is 75.8 cm³/mol. The maximum Gasteiger partial charge on any atom is 0.0940 e. The Balaban J connectivity index is 1.86. The van der Waals surface area contributed by atoms with Crippen LogP contribution in [-0.2, 0) is 0 Å². The Hall–Kier alpha value is -0.570. The summed E-state index contributed by atoms with van der Waals surface area (Å²) >= 11 is 5.85. The number of hydrogen-bond acceptors (Lipinski definition) is 2. The van der Waals surface area contributed by atoms with Gasteiger partial charge in [-0.1, -0.05) is 36.6 Å². The first kappa shape index (κ1) is 13.9. The second-order valence-corrected chi connectivity index (χ2v) is 5.97. The third-order valence-corrected chi connectivity index (χ3v) is 3.87. The van der Waals surface area contributed by atoms with Crippen molar-refractivity contribution in [3.8, 4) is 0 Å². The molecule has 0 heterocycles. The van der Waals surface area contributed by atoms with E-state index in [1.807, 2.05) is 31.2 Å². The summed E-state index contributed by atoms with van der Waals surface area (Å²) < 4.78 is 0. The number of rotatable bonds is 6. The van der Waals surface area contributed by atoms with Crippen LogP contribution in [0.15, 0.2) is 24.3 Å². The molecule has 3 heteroatoms. The second-order valence-electron chi connectivity index (χ2n) is 5.53. The van der Waals surface area contributed by atoms with Crippen LogP contribution >= 0.6 is 11.6 Å². The molecule has 2 nitrogen and oxygen atoms in total. The van der Waals surface area contributed by atoms with Crippen molar-refractivity contribution in [2.45, 2.75) is 51.3 Å². The Labute approximate surface area is 114 Å². The van der Waals surface area contributed by atoms with Gasteiger partial charge in [-0.05, 0) is 43.9 Å². The monoisotopic (exact) mass is 267 g/mol. The van der Waals surface area contributed by atoms with E-state index in [1.54, 1.807) is 0 Å². The third kappa shape index (κ3) is 3.98. The van der Waals surface area contributed by atoms with Crippen molar-refractivity contribution in [1.82, 2.24) is 5.32 Å². The fraction of sp³-hybridized carbons (Fsp3) is 0.600. The van der Waals surface area contributed by atoms with Crippen LogP contribution in [0.1, 0.15) is 44.8 Å². The van der Waals surface area contributed by atoms with Gasteiger partial charge in [0.1, 0.15) is 0 Å². The minimum atomic E-state index is -0.482. The lowest BCUT2D eigenvalue weighted by Crippen LogP contribution is -2.38. The van der Waals surface area contributed by atoms with E-state index in [4.69, 9.17) is 11.6 Å². The van der Waals surface area contributed by atoms with Gasteiger partial charge in [-0.2, -0.15) is 0 Å². The molecule has 1 aromatic rings. The summed E-state index contributed by atoms with van der Waals surface area (Å²) in [5.41, 5.74) is 0.915. The standard InChI is InChI=1S/C15H22ClNO/c1-10(9-12-3-4-12)17-11(2)15(18)13-5-7-14(16)8-6-13/h5-8,10-12,15,17-18H,3-4,9H2,1-2H3. The molecule has 0 aromatic heterocycles. The average molecular weight is 268 g/mol. The molecule has 1 aromatic carbocycles. The lowest BCUT2D eigenvalue weighted by atomic mass is 10.0. The zero-order valence-corrected chi connectivity index (χ0v) is 11.8. The maximum atomic E-state index is 10.3. The Morgan fingerprint density at radius 1 is 1.28 bits per heavy atom. The van der Waals surface area contributed by atoms with Crippen molar-refractivity contribution in [3.63, 3.8) is 0 Å². The minimum Gasteiger partial charge on any atom is -0.387 e. The minimum absolute atomic E-state index is 0.0555. The van der Waals surface area contributed by atoms with E-state index in [0.717, 1.165) is 11.5 Å². The predicted octanol–water partition coefficient (Wildman–Crippen LogP) is 3.54. The molecule has 0 spiro atoms. The van der Waals surface area contributed by atoms with Gasteiger partial charge in [-0.25, -0.2) is 0 Å². The zero-order chi connectivity index (χ0) is 13.1. The summed E-state index contributed by atoms with van der Waals surface area (Å²) in [4.78, 5) is 0. The molecular weight excluding hydrogens is 246 g/mol. The van der Waals surface area contributed by atoms with Crippen LogP contribution in [0.4, 0.5) is 0 Å². The lowest BCUT2D eigenvalue weighted by molar-refractivity contribution is 0.129. The number of benzene rings is 1. The molecule has 0 bridgehead atoms. The van der Waals surface area contributed by atoms with Gasteiger partial charge in [0.15, 0.2) is 0 Å². The van der Waals surface area contributed by atoms with E-state index in [9.17, 15) is 5.11 Å². The highest BCUT2D eigenvalue weighted by Gasteiger charge is 2.25. The van der Waals surface area contributed by atoms with Crippen LogP contribution in [0.25, 0.3) is 0 Å². The molecule has 18 heavy (non-hydrogen) atoms. The summed E-state index contributed by atoms with van der Waals surface area (Å²) in [6.45, 7) is 4.23. The van der Waals surface area contributed by atoms with Gasteiger partial charge in [0.2, 0.25) is 0 Å². The van der Waals surface area contributed by atoms with E-state index in [1.165, 1.54) is 19.3 Å². The highest BCUT2D eigenvalue weighted by molar-refractivity contribution is 6.30. The third-order valence-electron chi connectivity index (χ3n) is 3.62. The molecule has 2 N–H and O–H groups in total. The quantitative estimate of drug-likeness (QED) is 0.826. The largest absolute Gasteiger partial charge is 0.387 e. The van der Waals surface area contributed by atoms with E-state index in [0.29, 0.717) is 11.1 Å². The molecule has 0 amide bonds. The van der Waals surface area contributed by atoms with Gasteiger partial charge in [0, 0.05) is 17.1 Å². The van der Waals surface area contributed by atoms with E-state index < -0.39 is 6.10 Å². The highest BCUT2D eigenvalue weighted by Crippen LogP contribution is 2.33. The van der Waals surface area contributed by atoms with Gasteiger partial charge < -0.3 is 10.4 Å². The van der Waals surface area contributed by atoms with Gasteiger partial charge in [-0.3, -0.25) is 0 Å². The van der Waals surface area contributed by atoms with Crippen molar-refractivity contribution >= 4 is 11.6 Å². The van der Waals surface area contributed by atoms with E-state index in [2.05, 4.69) is 12.2 Å². The molecule has 1 fully saturated rings. The summed E-state index contributed by atoms with van der Waals surface area (Å²) in [6, 6.07) is 7.93. The topological polar surface area (TPSA) is 32.3 Å². The molecule has 1 saturated carbocycles. The Morgan fingerprint density at radius 3 is 2.44 bits per heavy atom. The number of aliphatic hydroxyl groups is 1. The molecule has 2 rings (SSSR count). The summed E-state index contributed by atoms with van der Waals surface area (Å²) in [6.07, 6.45) is 3.49. The van der Waals surface area contributed by atoms with Crippen molar-refractivity contribution in [2.75, 3.05) is 0 Å². The highest BCUT2D eigenvalue weighted by atomic mass is 35.5. The molecular formula is C15H22ClNO. The van der Waals surface area contributed by atoms with Crippen LogP contribution in [0, 0.1) is 5.92 Å². The molecule has 1 aliphatic rings.